The van der Waals surface area contributed by atoms with E-state index in [2.05, 4.69) is 87.7 Å². The number of furan rings is 1. The van der Waals surface area contributed by atoms with E-state index in [0.717, 1.165) is 27.3 Å². The third-order valence-electron chi connectivity index (χ3n) is 8.89. The molecular formula is C45H27N3O. The van der Waals surface area contributed by atoms with Gasteiger partial charge in [-0.2, -0.15) is 0 Å². The van der Waals surface area contributed by atoms with E-state index in [0.29, 0.717) is 16.7 Å². The van der Waals surface area contributed by atoms with Crippen LogP contribution in [0.3, 0.4) is 0 Å². The van der Waals surface area contributed by atoms with E-state index in [1.54, 1.807) is 12.1 Å². The van der Waals surface area contributed by atoms with Gasteiger partial charge in [0.25, 0.3) is 0 Å². The van der Waals surface area contributed by atoms with Crippen molar-refractivity contribution < 1.29 is 18.1 Å². The maximum atomic E-state index is 8.61. The average molecular weight is 636 g/mol. The van der Waals surface area contributed by atoms with Crippen molar-refractivity contribution in [2.24, 2.45) is 0 Å². The highest BCUT2D eigenvalue weighted by Crippen LogP contribution is 2.39. The smallest absolute Gasteiger partial charge is 0.164 e. The van der Waals surface area contributed by atoms with Crippen molar-refractivity contribution in [2.75, 3.05) is 0 Å². The first-order valence-electron chi connectivity index (χ1n) is 20.6. The summed E-state index contributed by atoms with van der Waals surface area (Å²) in [7, 11) is 0. The molecule has 10 aromatic rings. The summed E-state index contributed by atoms with van der Waals surface area (Å²) in [6, 6.07) is 28.8. The van der Waals surface area contributed by atoms with E-state index in [1.165, 1.54) is 26.9 Å². The summed E-state index contributed by atoms with van der Waals surface area (Å²) < 4.78 is 90.1. The number of hydrogen-bond donors (Lipinski definition) is 0. The molecule has 0 saturated carbocycles. The molecule has 0 spiro atoms. The zero-order valence-electron chi connectivity index (χ0n) is 35.6. The molecule has 0 aliphatic rings. The van der Waals surface area contributed by atoms with Crippen LogP contribution in [0.5, 0.6) is 0 Å². The summed E-state index contributed by atoms with van der Waals surface area (Å²) in [4.78, 5) is 13.5. The highest BCUT2D eigenvalue weighted by molar-refractivity contribution is 6.25. The fourth-order valence-corrected chi connectivity index (χ4v) is 6.64. The molecule has 228 valence electrons. The van der Waals surface area contributed by atoms with Crippen LogP contribution in [0.25, 0.3) is 99.5 Å². The Bertz CT molecular complexity index is 3300. The number of aromatic nitrogens is 3. The van der Waals surface area contributed by atoms with Gasteiger partial charge in [-0.05, 0) is 73.8 Å². The van der Waals surface area contributed by atoms with E-state index in [4.69, 9.17) is 18.1 Å². The van der Waals surface area contributed by atoms with Crippen molar-refractivity contribution in [2.45, 2.75) is 0 Å². The molecule has 0 aliphatic heterocycles. The van der Waals surface area contributed by atoms with Crippen LogP contribution in [-0.4, -0.2) is 15.0 Å². The lowest BCUT2D eigenvalue weighted by Gasteiger charge is -2.12. The van der Waals surface area contributed by atoms with Gasteiger partial charge < -0.3 is 4.42 Å². The first kappa shape index (κ1) is 19.2. The van der Waals surface area contributed by atoms with Gasteiger partial charge in [0.15, 0.2) is 17.5 Å². The molecule has 0 atom stereocenters. The van der Waals surface area contributed by atoms with Crippen LogP contribution in [-0.2, 0) is 0 Å². The molecule has 10 rings (SSSR count). The second-order valence-corrected chi connectivity index (χ2v) is 11.7. The van der Waals surface area contributed by atoms with Gasteiger partial charge in [-0.15, -0.1) is 0 Å². The number of nitrogens with zero attached hydrogens (tertiary/aromatic N) is 3. The van der Waals surface area contributed by atoms with Crippen molar-refractivity contribution in [3.8, 4) is 45.3 Å². The molecule has 0 radical (unpaired) electrons. The Hall–Kier alpha value is -6.65. The quantitative estimate of drug-likeness (QED) is 0.181. The molecule has 2 heterocycles. The van der Waals surface area contributed by atoms with E-state index in [9.17, 15) is 0 Å². The van der Waals surface area contributed by atoms with Crippen molar-refractivity contribution in [1.29, 1.82) is 0 Å². The first-order chi connectivity index (χ1) is 28.4. The lowest BCUT2D eigenvalue weighted by molar-refractivity contribution is 0.669. The molecule has 8 aromatic carbocycles. The fourth-order valence-electron chi connectivity index (χ4n) is 6.64. The van der Waals surface area contributed by atoms with Gasteiger partial charge in [-0.25, -0.2) is 15.0 Å². The zero-order valence-corrected chi connectivity index (χ0v) is 25.6. The first-order valence-corrected chi connectivity index (χ1v) is 15.6. The third-order valence-corrected chi connectivity index (χ3v) is 8.89. The molecule has 0 saturated heterocycles. The van der Waals surface area contributed by atoms with Crippen molar-refractivity contribution in [1.82, 2.24) is 15.0 Å². The van der Waals surface area contributed by atoms with Gasteiger partial charge in [0.1, 0.15) is 11.2 Å². The standard InChI is InChI=1S/C45H27N3O/c1-3-11-28(12-4-1)43-46-44(29-13-5-2-6-14-29)48-45(47-43)32-21-24-39-38-23-20-31(26-41(38)49-42(39)27-32)30-19-22-37-35-17-8-7-15-33(35)34-16-9-10-18-36(34)40(37)25-30/h1-27H/i1D,2D,3D,4D,5D,6D,11D,12D,13D,14D. The van der Waals surface area contributed by atoms with Gasteiger partial charge in [0, 0.05) is 27.5 Å². The summed E-state index contributed by atoms with van der Waals surface area (Å²) in [5.74, 6) is -0.707. The molecule has 0 fully saturated rings. The zero-order chi connectivity index (χ0) is 41.0. The van der Waals surface area contributed by atoms with Gasteiger partial charge in [-0.1, -0.05) is 133 Å². The highest BCUT2D eigenvalue weighted by atomic mass is 16.3. The van der Waals surface area contributed by atoms with Gasteiger partial charge in [0.2, 0.25) is 0 Å². The topological polar surface area (TPSA) is 51.8 Å². The minimum atomic E-state index is -0.610. The number of hydrogen-bond acceptors (Lipinski definition) is 4. The van der Waals surface area contributed by atoms with E-state index < -0.39 is 60.4 Å². The van der Waals surface area contributed by atoms with Gasteiger partial charge in [0.05, 0.1) is 13.7 Å². The molecule has 0 unspecified atom stereocenters. The number of rotatable bonds is 4. The highest BCUT2D eigenvalue weighted by Gasteiger charge is 2.16. The molecular weight excluding hydrogens is 599 g/mol. The summed E-state index contributed by atoms with van der Waals surface area (Å²) >= 11 is 0. The van der Waals surface area contributed by atoms with E-state index in [1.807, 2.05) is 18.2 Å². The minimum Gasteiger partial charge on any atom is -0.456 e. The van der Waals surface area contributed by atoms with Crippen molar-refractivity contribution in [3.05, 3.63) is 164 Å². The predicted octanol–water partition coefficient (Wildman–Crippen LogP) is 11.9. The molecule has 4 nitrogen and oxygen atoms in total. The van der Waals surface area contributed by atoms with Crippen molar-refractivity contribution in [3.63, 3.8) is 0 Å². The van der Waals surface area contributed by atoms with Crippen LogP contribution in [0.2, 0.25) is 0 Å². The van der Waals surface area contributed by atoms with Crippen LogP contribution in [0.1, 0.15) is 13.7 Å². The Morgan fingerprint density at radius 1 is 0.347 bits per heavy atom. The minimum absolute atomic E-state index is 0.0393. The maximum Gasteiger partial charge on any atom is 0.164 e. The molecule has 0 N–H and O–H groups in total. The Morgan fingerprint density at radius 2 is 0.735 bits per heavy atom. The summed E-state index contributed by atoms with van der Waals surface area (Å²) in [6.45, 7) is 0. The summed E-state index contributed by atoms with van der Waals surface area (Å²) in [5, 5.41) is 8.74. The SMILES string of the molecule is [2H]c1c([2H])c([2H])c(-c2nc(-c3ccc4c(c3)oc3cc(-c5ccc6c7ccccc7c7ccccc7c6c5)ccc34)nc(-c3c([2H])c([2H])c([2H])c([2H])c3[2H])n2)c([2H])c1[2H]. The molecule has 0 amide bonds. The molecule has 49 heavy (non-hydrogen) atoms. The molecule has 0 bridgehead atoms. The second kappa shape index (κ2) is 11.0. The van der Waals surface area contributed by atoms with Gasteiger partial charge >= 0.3 is 0 Å². The Balaban J connectivity index is 1.13. The van der Waals surface area contributed by atoms with Crippen LogP contribution in [0, 0.1) is 0 Å². The van der Waals surface area contributed by atoms with Crippen molar-refractivity contribution >= 4 is 54.3 Å². The fraction of sp³-hybridized carbons (Fsp3) is 0. The number of benzene rings is 8. The summed E-state index contributed by atoms with van der Waals surface area (Å²) in [6.07, 6.45) is 0. The molecule has 2 aromatic heterocycles. The molecule has 4 heteroatoms. The molecule has 0 aliphatic carbocycles. The van der Waals surface area contributed by atoms with E-state index >= 15 is 0 Å². The lowest BCUT2D eigenvalue weighted by atomic mass is 9.92. The predicted molar refractivity (Wildman–Crippen MR) is 201 cm³/mol. The average Bonchev–Trinajstić information content (AvgIpc) is 3.63. The van der Waals surface area contributed by atoms with E-state index in [-0.39, 0.29) is 28.6 Å². The normalized spacial score (nSPS) is 14.5. The lowest BCUT2D eigenvalue weighted by Crippen LogP contribution is -2.00. The van der Waals surface area contributed by atoms with Crippen LogP contribution >= 0.6 is 0 Å². The Kier molecular flexibility index (Phi) is 4.31. The summed E-state index contributed by atoms with van der Waals surface area (Å²) in [5.41, 5.74) is 2.82. The second-order valence-electron chi connectivity index (χ2n) is 11.7. The Morgan fingerprint density at radius 3 is 1.27 bits per heavy atom. The monoisotopic (exact) mass is 635 g/mol. The largest absolute Gasteiger partial charge is 0.456 e. The van der Waals surface area contributed by atoms with Crippen LogP contribution in [0.4, 0.5) is 0 Å². The third kappa shape index (κ3) is 4.57. The Labute approximate surface area is 296 Å². The number of fused-ring (bicyclic) bond motifs is 9. The van der Waals surface area contributed by atoms with Crippen LogP contribution in [0.15, 0.2) is 168 Å². The van der Waals surface area contributed by atoms with Gasteiger partial charge in [-0.3, -0.25) is 0 Å². The maximum absolute atomic E-state index is 8.61. The van der Waals surface area contributed by atoms with Crippen LogP contribution < -0.4 is 0 Å².